The highest BCUT2D eigenvalue weighted by Gasteiger charge is 2.36. The summed E-state index contributed by atoms with van der Waals surface area (Å²) in [5.41, 5.74) is 4.38. The van der Waals surface area contributed by atoms with E-state index < -0.39 is 24.2 Å². The van der Waals surface area contributed by atoms with Crippen LogP contribution >= 0.6 is 0 Å². The second kappa shape index (κ2) is 10.5. The lowest BCUT2D eigenvalue weighted by atomic mass is 9.88. The number of benzene rings is 2. The molecule has 2 aromatic rings. The van der Waals surface area contributed by atoms with Crippen LogP contribution in [0, 0.1) is 11.8 Å². The molecule has 3 atom stereocenters. The molecule has 8 nitrogen and oxygen atoms in total. The van der Waals surface area contributed by atoms with Crippen LogP contribution in [0.15, 0.2) is 48.5 Å². The second-order valence-corrected chi connectivity index (χ2v) is 9.64. The molecule has 2 aromatic carbocycles. The number of carboxylic acids is 1. The van der Waals surface area contributed by atoms with Crippen LogP contribution in [0.25, 0.3) is 11.1 Å². The molecule has 186 valence electrons. The molecule has 8 heteroatoms. The highest BCUT2D eigenvalue weighted by atomic mass is 16.5. The number of fused-ring (bicyclic) bond motifs is 3. The summed E-state index contributed by atoms with van der Waals surface area (Å²) in [4.78, 5) is 38.7. The third-order valence-electron chi connectivity index (χ3n) is 7.08. The van der Waals surface area contributed by atoms with Crippen molar-refractivity contribution in [3.05, 3.63) is 59.7 Å². The molecule has 1 aliphatic heterocycles. The molecule has 4 rings (SSSR count). The number of carbonyl (C=O) groups is 3. The molecule has 1 fully saturated rings. The summed E-state index contributed by atoms with van der Waals surface area (Å²) in [6.45, 7) is 4.53. The van der Waals surface area contributed by atoms with Gasteiger partial charge in [0.1, 0.15) is 12.6 Å². The minimum atomic E-state index is -1.05. The number of nitrogens with zero attached hydrogens (tertiary/aromatic N) is 1. The van der Waals surface area contributed by atoms with Gasteiger partial charge in [-0.25, -0.2) is 4.79 Å². The highest BCUT2D eigenvalue weighted by molar-refractivity contribution is 5.86. The van der Waals surface area contributed by atoms with Crippen molar-refractivity contribution in [2.75, 3.05) is 19.7 Å². The summed E-state index contributed by atoms with van der Waals surface area (Å²) >= 11 is 0. The standard InChI is InChI=1S/C27H32N2O6/c1-16-13-29(14-17(2)25(16)32)26(33)23(11-12-24(30)31)28-27(34)35-15-22-20-9-5-3-7-18(20)19-8-4-6-10-21(19)22/h3-10,16-17,22-23,25,32H,11-15H2,1-2H3,(H,28,34)(H,30,31). The smallest absolute Gasteiger partial charge is 0.407 e. The number of nitrogens with one attached hydrogen (secondary N) is 1. The predicted octanol–water partition coefficient (Wildman–Crippen LogP) is 3.23. The number of aliphatic hydroxyl groups is 1. The summed E-state index contributed by atoms with van der Waals surface area (Å²) in [5, 5.41) is 22.0. The van der Waals surface area contributed by atoms with Crippen molar-refractivity contribution in [1.82, 2.24) is 10.2 Å². The number of ether oxygens (including phenoxy) is 1. The van der Waals surface area contributed by atoms with E-state index in [1.54, 1.807) is 4.90 Å². The highest BCUT2D eigenvalue weighted by Crippen LogP contribution is 2.44. The van der Waals surface area contributed by atoms with Gasteiger partial charge < -0.3 is 25.2 Å². The molecule has 35 heavy (non-hydrogen) atoms. The zero-order valence-corrected chi connectivity index (χ0v) is 20.0. The topological polar surface area (TPSA) is 116 Å². The first-order valence-electron chi connectivity index (χ1n) is 12.1. The van der Waals surface area contributed by atoms with Crippen molar-refractivity contribution >= 4 is 18.0 Å². The summed E-state index contributed by atoms with van der Waals surface area (Å²) in [5.74, 6) is -1.75. The number of carbonyl (C=O) groups excluding carboxylic acids is 2. The van der Waals surface area contributed by atoms with Crippen LogP contribution in [0.3, 0.4) is 0 Å². The predicted molar refractivity (Wildman–Crippen MR) is 130 cm³/mol. The van der Waals surface area contributed by atoms with E-state index in [-0.39, 0.29) is 43.1 Å². The normalized spacial score (nSPS) is 22.1. The lowest BCUT2D eigenvalue weighted by Gasteiger charge is -2.40. The van der Waals surface area contributed by atoms with E-state index in [9.17, 15) is 19.5 Å². The van der Waals surface area contributed by atoms with Crippen LogP contribution in [0.5, 0.6) is 0 Å². The SMILES string of the molecule is CC1CN(C(=O)C(CCC(=O)O)NC(=O)OCC2c3ccccc3-c3ccccc32)CC(C)C1O. The molecule has 0 bridgehead atoms. The number of carboxylic acid groups (broad SMARTS) is 1. The van der Waals surface area contributed by atoms with E-state index in [2.05, 4.69) is 5.32 Å². The first-order valence-corrected chi connectivity index (χ1v) is 12.1. The van der Waals surface area contributed by atoms with E-state index >= 15 is 0 Å². The third kappa shape index (κ3) is 5.32. The summed E-state index contributed by atoms with van der Waals surface area (Å²) in [7, 11) is 0. The largest absolute Gasteiger partial charge is 0.481 e. The van der Waals surface area contributed by atoms with Gasteiger partial charge in [0.15, 0.2) is 0 Å². The van der Waals surface area contributed by atoms with Gasteiger partial charge in [0, 0.05) is 25.4 Å². The Morgan fingerprint density at radius 3 is 2.09 bits per heavy atom. The van der Waals surface area contributed by atoms with Gasteiger partial charge in [0.2, 0.25) is 5.91 Å². The molecule has 0 aromatic heterocycles. The number of amides is 2. The van der Waals surface area contributed by atoms with Crippen LogP contribution in [-0.4, -0.2) is 64.9 Å². The van der Waals surface area contributed by atoms with Gasteiger partial charge >= 0.3 is 12.1 Å². The number of aliphatic carboxylic acids is 1. The van der Waals surface area contributed by atoms with Gasteiger partial charge in [-0.1, -0.05) is 62.4 Å². The monoisotopic (exact) mass is 480 g/mol. The number of aliphatic hydroxyl groups excluding tert-OH is 1. The maximum atomic E-state index is 13.2. The van der Waals surface area contributed by atoms with E-state index in [1.807, 2.05) is 62.4 Å². The number of hydrogen-bond acceptors (Lipinski definition) is 5. The van der Waals surface area contributed by atoms with Crippen molar-refractivity contribution in [3.8, 4) is 11.1 Å². The molecule has 0 spiro atoms. The number of piperidine rings is 1. The van der Waals surface area contributed by atoms with Gasteiger partial charge in [-0.15, -0.1) is 0 Å². The van der Waals surface area contributed by atoms with Crippen molar-refractivity contribution < 1.29 is 29.3 Å². The number of likely N-dealkylation sites (tertiary alicyclic amines) is 1. The average molecular weight is 481 g/mol. The van der Waals surface area contributed by atoms with Crippen molar-refractivity contribution in [2.24, 2.45) is 11.8 Å². The minimum absolute atomic E-state index is 0.0415. The Morgan fingerprint density at radius 2 is 1.54 bits per heavy atom. The van der Waals surface area contributed by atoms with Crippen LogP contribution in [0.4, 0.5) is 4.79 Å². The molecule has 1 saturated heterocycles. The molecular weight excluding hydrogens is 448 g/mol. The number of hydrogen-bond donors (Lipinski definition) is 3. The van der Waals surface area contributed by atoms with Crippen LogP contribution in [-0.2, 0) is 14.3 Å². The second-order valence-electron chi connectivity index (χ2n) is 9.64. The van der Waals surface area contributed by atoms with Crippen molar-refractivity contribution in [2.45, 2.75) is 44.8 Å². The average Bonchev–Trinajstić information content (AvgIpc) is 3.16. The third-order valence-corrected chi connectivity index (χ3v) is 7.08. The van der Waals surface area contributed by atoms with Gasteiger partial charge in [0.25, 0.3) is 0 Å². The summed E-state index contributed by atoms with van der Waals surface area (Å²) < 4.78 is 5.57. The fraction of sp³-hybridized carbons (Fsp3) is 0.444. The zero-order valence-electron chi connectivity index (χ0n) is 20.0. The molecule has 0 saturated carbocycles. The maximum absolute atomic E-state index is 13.2. The number of rotatable bonds is 7. The first-order chi connectivity index (χ1) is 16.8. The molecular formula is C27H32N2O6. The Morgan fingerprint density at radius 1 is 1.00 bits per heavy atom. The molecule has 3 unspecified atom stereocenters. The zero-order chi connectivity index (χ0) is 25.1. The molecule has 2 aliphatic rings. The van der Waals surface area contributed by atoms with E-state index in [0.29, 0.717) is 13.1 Å². The quantitative estimate of drug-likeness (QED) is 0.560. The van der Waals surface area contributed by atoms with Gasteiger partial charge in [-0.2, -0.15) is 0 Å². The van der Waals surface area contributed by atoms with E-state index in [4.69, 9.17) is 9.84 Å². The molecule has 1 aliphatic carbocycles. The molecule has 2 amide bonds. The lowest BCUT2D eigenvalue weighted by molar-refractivity contribution is -0.140. The first kappa shape index (κ1) is 24.7. The number of alkyl carbamates (subject to hydrolysis) is 1. The Kier molecular flexibility index (Phi) is 7.40. The Balaban J connectivity index is 1.43. The van der Waals surface area contributed by atoms with E-state index in [0.717, 1.165) is 22.3 Å². The summed E-state index contributed by atoms with van der Waals surface area (Å²) in [6, 6.07) is 15.0. The van der Waals surface area contributed by atoms with E-state index in [1.165, 1.54) is 0 Å². The molecule has 1 heterocycles. The van der Waals surface area contributed by atoms with Gasteiger partial charge in [-0.05, 0) is 40.5 Å². The fourth-order valence-electron chi connectivity index (χ4n) is 5.25. The van der Waals surface area contributed by atoms with Gasteiger partial charge in [0.05, 0.1) is 6.10 Å². The molecule has 0 radical (unpaired) electrons. The molecule has 3 N–H and O–H groups in total. The van der Waals surface area contributed by atoms with Crippen LogP contribution in [0.2, 0.25) is 0 Å². The van der Waals surface area contributed by atoms with Crippen LogP contribution < -0.4 is 5.32 Å². The van der Waals surface area contributed by atoms with Crippen molar-refractivity contribution in [3.63, 3.8) is 0 Å². The maximum Gasteiger partial charge on any atom is 0.407 e. The fourth-order valence-corrected chi connectivity index (χ4v) is 5.25. The van der Waals surface area contributed by atoms with Crippen LogP contribution in [0.1, 0.15) is 43.7 Å². The summed E-state index contributed by atoms with van der Waals surface area (Å²) in [6.07, 6.45) is -1.57. The lowest BCUT2D eigenvalue weighted by Crippen LogP contribution is -2.55. The van der Waals surface area contributed by atoms with Gasteiger partial charge in [-0.3, -0.25) is 9.59 Å². The minimum Gasteiger partial charge on any atom is -0.481 e. The Bertz CT molecular complexity index is 1050. The van der Waals surface area contributed by atoms with Crippen molar-refractivity contribution in [1.29, 1.82) is 0 Å². The Hall–Kier alpha value is -3.39. The Labute approximate surface area is 204 Å².